The third-order valence-electron chi connectivity index (χ3n) is 3.00. The number of aryl methyl sites for hydroxylation is 1. The van der Waals surface area contributed by atoms with Crippen LogP contribution in [0.4, 0.5) is 5.69 Å². The Morgan fingerprint density at radius 3 is 2.89 bits per heavy atom. The minimum absolute atomic E-state index is 0.0719. The van der Waals surface area contributed by atoms with Crippen LogP contribution in [0.15, 0.2) is 35.3 Å². The van der Waals surface area contributed by atoms with Gasteiger partial charge >= 0.3 is 0 Å². The number of rotatable bonds is 5. The highest BCUT2D eigenvalue weighted by molar-refractivity contribution is 5.76. The van der Waals surface area contributed by atoms with E-state index in [9.17, 15) is 4.79 Å². The van der Waals surface area contributed by atoms with Crippen molar-refractivity contribution < 1.29 is 9.53 Å². The van der Waals surface area contributed by atoms with E-state index in [1.807, 2.05) is 44.2 Å². The van der Waals surface area contributed by atoms with Gasteiger partial charge in [-0.25, -0.2) is 0 Å². The Bertz CT molecular complexity index is 503. The first-order valence-corrected chi connectivity index (χ1v) is 6.35. The number of likely N-dealkylation sites (tertiary alicyclic amines) is 1. The largest absolute Gasteiger partial charge is 0.484 e. The summed E-state index contributed by atoms with van der Waals surface area (Å²) in [7, 11) is 0. The highest BCUT2D eigenvalue weighted by atomic mass is 16.5. The number of para-hydroxylation sites is 1. The lowest BCUT2D eigenvalue weighted by Gasteiger charge is -2.36. The fourth-order valence-electron chi connectivity index (χ4n) is 1.91. The molecule has 0 aliphatic carbocycles. The Morgan fingerprint density at radius 1 is 1.42 bits per heavy atom. The monoisotopic (exact) mass is 258 g/mol. The van der Waals surface area contributed by atoms with Gasteiger partial charge in [-0.1, -0.05) is 18.2 Å². The number of nitrogens with zero attached hydrogens (tertiary/aromatic N) is 2. The van der Waals surface area contributed by atoms with Gasteiger partial charge in [0.2, 0.25) is 6.41 Å². The molecule has 1 aliphatic heterocycles. The summed E-state index contributed by atoms with van der Waals surface area (Å²) in [6.45, 7) is 5.25. The standard InChI is InChI=1S/C15H18N2O2/c1-3-4-8-16-15-12(2)6-5-7-14(15)19-13-9-17(10-13)11-18/h3-8,11,13H,9-10H2,1-2H3/b4-3+,16-8-. The Labute approximate surface area is 113 Å². The van der Waals surface area contributed by atoms with Crippen molar-refractivity contribution in [3.05, 3.63) is 35.9 Å². The third kappa shape index (κ3) is 3.22. The number of hydrogen-bond acceptors (Lipinski definition) is 3. The first kappa shape index (κ1) is 13.3. The Balaban J connectivity index is 2.11. The van der Waals surface area contributed by atoms with E-state index in [-0.39, 0.29) is 6.10 Å². The Kier molecular flexibility index (Phi) is 4.34. The maximum Gasteiger partial charge on any atom is 0.209 e. The average Bonchev–Trinajstić information content (AvgIpc) is 2.36. The van der Waals surface area contributed by atoms with Crippen molar-refractivity contribution in [2.24, 2.45) is 4.99 Å². The molecule has 1 aromatic rings. The zero-order valence-corrected chi connectivity index (χ0v) is 11.2. The van der Waals surface area contributed by atoms with Crippen LogP contribution in [0.3, 0.4) is 0 Å². The highest BCUT2D eigenvalue weighted by Crippen LogP contribution is 2.32. The van der Waals surface area contributed by atoms with Gasteiger partial charge in [0.05, 0.1) is 13.1 Å². The maximum atomic E-state index is 10.5. The zero-order valence-electron chi connectivity index (χ0n) is 11.2. The smallest absolute Gasteiger partial charge is 0.209 e. The van der Waals surface area contributed by atoms with E-state index in [0.29, 0.717) is 13.1 Å². The molecule has 0 bridgehead atoms. The lowest BCUT2D eigenvalue weighted by atomic mass is 10.1. The summed E-state index contributed by atoms with van der Waals surface area (Å²) < 4.78 is 5.89. The molecule has 4 heteroatoms. The van der Waals surface area contributed by atoms with Gasteiger partial charge in [0.25, 0.3) is 0 Å². The van der Waals surface area contributed by atoms with E-state index in [4.69, 9.17) is 4.74 Å². The molecule has 1 saturated heterocycles. The minimum Gasteiger partial charge on any atom is -0.484 e. The first-order valence-electron chi connectivity index (χ1n) is 6.35. The number of allylic oxidation sites excluding steroid dienone is 2. The molecule has 0 radical (unpaired) electrons. The van der Waals surface area contributed by atoms with Gasteiger partial charge in [0.1, 0.15) is 17.5 Å². The third-order valence-corrected chi connectivity index (χ3v) is 3.00. The summed E-state index contributed by atoms with van der Waals surface area (Å²) in [4.78, 5) is 16.6. The van der Waals surface area contributed by atoms with E-state index in [0.717, 1.165) is 23.4 Å². The summed E-state index contributed by atoms with van der Waals surface area (Å²) >= 11 is 0. The molecule has 4 nitrogen and oxygen atoms in total. The van der Waals surface area contributed by atoms with E-state index >= 15 is 0 Å². The SMILES string of the molecule is C/C=C/C=N\c1c(C)cccc1OC1CN(C=O)C1. The lowest BCUT2D eigenvalue weighted by Crippen LogP contribution is -2.52. The Morgan fingerprint density at radius 2 is 2.21 bits per heavy atom. The summed E-state index contributed by atoms with van der Waals surface area (Å²) in [5.41, 5.74) is 1.93. The van der Waals surface area contributed by atoms with Crippen molar-refractivity contribution in [3.8, 4) is 5.75 Å². The van der Waals surface area contributed by atoms with E-state index < -0.39 is 0 Å². The van der Waals surface area contributed by atoms with Gasteiger partial charge in [0, 0.05) is 6.21 Å². The maximum absolute atomic E-state index is 10.5. The molecule has 0 unspecified atom stereocenters. The van der Waals surface area contributed by atoms with Crippen molar-refractivity contribution in [2.45, 2.75) is 20.0 Å². The number of carbonyl (C=O) groups excluding carboxylic acids is 1. The normalized spacial score (nSPS) is 16.0. The van der Waals surface area contributed by atoms with Crippen molar-refractivity contribution in [3.63, 3.8) is 0 Å². The fraction of sp³-hybridized carbons (Fsp3) is 0.333. The van der Waals surface area contributed by atoms with Crippen LogP contribution in [0, 0.1) is 6.92 Å². The number of amides is 1. The molecule has 2 rings (SSSR count). The minimum atomic E-state index is 0.0719. The van der Waals surface area contributed by atoms with E-state index in [1.54, 1.807) is 11.1 Å². The molecule has 0 N–H and O–H groups in total. The molecule has 1 amide bonds. The van der Waals surface area contributed by atoms with Crippen molar-refractivity contribution in [1.29, 1.82) is 0 Å². The fourth-order valence-corrected chi connectivity index (χ4v) is 1.91. The lowest BCUT2D eigenvalue weighted by molar-refractivity contribution is -0.126. The topological polar surface area (TPSA) is 41.9 Å². The molecular weight excluding hydrogens is 240 g/mol. The number of aliphatic imine (C=N–C) groups is 1. The predicted octanol–water partition coefficient (Wildman–Crippen LogP) is 2.49. The molecule has 1 fully saturated rings. The molecule has 1 aliphatic rings. The summed E-state index contributed by atoms with van der Waals surface area (Å²) in [6, 6.07) is 5.88. The van der Waals surface area contributed by atoms with Crippen LogP contribution in [0.25, 0.3) is 0 Å². The first-order chi connectivity index (χ1) is 9.24. The van der Waals surface area contributed by atoms with Crippen molar-refractivity contribution in [1.82, 2.24) is 4.90 Å². The molecule has 19 heavy (non-hydrogen) atoms. The van der Waals surface area contributed by atoms with Crippen LogP contribution in [0.2, 0.25) is 0 Å². The van der Waals surface area contributed by atoms with Gasteiger partial charge in [-0.3, -0.25) is 9.79 Å². The van der Waals surface area contributed by atoms with Crippen LogP contribution in [0.1, 0.15) is 12.5 Å². The molecule has 0 spiro atoms. The molecule has 100 valence electrons. The molecular formula is C15H18N2O2. The number of hydrogen-bond donors (Lipinski definition) is 0. The molecule has 1 heterocycles. The van der Waals surface area contributed by atoms with Crippen molar-refractivity contribution in [2.75, 3.05) is 13.1 Å². The van der Waals surface area contributed by atoms with Crippen LogP contribution >= 0.6 is 0 Å². The van der Waals surface area contributed by atoms with Gasteiger partial charge < -0.3 is 9.64 Å². The van der Waals surface area contributed by atoms with Crippen molar-refractivity contribution >= 4 is 18.3 Å². The summed E-state index contributed by atoms with van der Waals surface area (Å²) in [6.07, 6.45) is 6.49. The highest BCUT2D eigenvalue weighted by Gasteiger charge is 2.27. The molecule has 0 saturated carbocycles. The quantitative estimate of drug-likeness (QED) is 0.601. The molecule has 0 atom stereocenters. The summed E-state index contributed by atoms with van der Waals surface area (Å²) in [5.74, 6) is 0.774. The van der Waals surface area contributed by atoms with Gasteiger partial charge in [-0.2, -0.15) is 0 Å². The number of ether oxygens (including phenoxy) is 1. The van der Waals surface area contributed by atoms with Gasteiger partial charge in [0.15, 0.2) is 0 Å². The van der Waals surface area contributed by atoms with E-state index in [2.05, 4.69) is 4.99 Å². The second-order valence-corrected chi connectivity index (χ2v) is 4.52. The predicted molar refractivity (Wildman–Crippen MR) is 76.2 cm³/mol. The van der Waals surface area contributed by atoms with Crippen LogP contribution in [-0.4, -0.2) is 36.7 Å². The van der Waals surface area contributed by atoms with Gasteiger partial charge in [-0.05, 0) is 31.6 Å². The number of benzene rings is 1. The summed E-state index contributed by atoms with van der Waals surface area (Å²) in [5, 5.41) is 0. The van der Waals surface area contributed by atoms with Gasteiger partial charge in [-0.15, -0.1) is 0 Å². The van der Waals surface area contributed by atoms with E-state index in [1.165, 1.54) is 0 Å². The average molecular weight is 258 g/mol. The molecule has 1 aromatic carbocycles. The van der Waals surface area contributed by atoms with Crippen LogP contribution in [0.5, 0.6) is 5.75 Å². The second-order valence-electron chi connectivity index (χ2n) is 4.52. The second kappa shape index (κ2) is 6.18. The zero-order chi connectivity index (χ0) is 13.7. The Hall–Kier alpha value is -2.10. The number of carbonyl (C=O) groups is 1. The van der Waals surface area contributed by atoms with Crippen LogP contribution < -0.4 is 4.74 Å². The van der Waals surface area contributed by atoms with Crippen LogP contribution in [-0.2, 0) is 4.79 Å². The molecule has 0 aromatic heterocycles.